The fourth-order valence-corrected chi connectivity index (χ4v) is 2.85. The van der Waals surface area contributed by atoms with Crippen molar-refractivity contribution in [1.29, 1.82) is 5.26 Å². The molecule has 10 heteroatoms. The lowest BCUT2D eigenvalue weighted by atomic mass is 9.80. The van der Waals surface area contributed by atoms with Gasteiger partial charge in [0.05, 0.1) is 30.1 Å². The molecule has 1 atom stereocenters. The number of pyridine rings is 1. The molecule has 9 nitrogen and oxygen atoms in total. The van der Waals surface area contributed by atoms with Crippen molar-refractivity contribution in [2.24, 2.45) is 5.16 Å². The van der Waals surface area contributed by atoms with Gasteiger partial charge in [0, 0.05) is 29.6 Å². The molecular weight excluding hydrogens is 359 g/mol. The van der Waals surface area contributed by atoms with Crippen molar-refractivity contribution < 1.29 is 23.7 Å². The van der Waals surface area contributed by atoms with Gasteiger partial charge in [0.15, 0.2) is 11.3 Å². The van der Waals surface area contributed by atoms with Gasteiger partial charge in [-0.05, 0) is 12.1 Å². The van der Waals surface area contributed by atoms with Crippen molar-refractivity contribution in [3.8, 4) is 6.07 Å². The van der Waals surface area contributed by atoms with Crippen molar-refractivity contribution in [3.63, 3.8) is 0 Å². The van der Waals surface area contributed by atoms with E-state index in [1.807, 2.05) is 0 Å². The minimum absolute atomic E-state index is 0.00578. The molecule has 0 fully saturated rings. The van der Waals surface area contributed by atoms with Crippen molar-refractivity contribution in [2.75, 3.05) is 7.11 Å². The van der Waals surface area contributed by atoms with Gasteiger partial charge in [-0.15, -0.1) is 0 Å². The summed E-state index contributed by atoms with van der Waals surface area (Å²) in [5.74, 6) is -1.91. The lowest BCUT2D eigenvalue weighted by molar-refractivity contribution is -0.387. The number of ether oxygens (including phenoxy) is 1. The Kier molecular flexibility index (Phi) is 4.51. The van der Waals surface area contributed by atoms with Crippen LogP contribution in [0.25, 0.3) is 0 Å². The molecule has 1 aromatic heterocycles. The molecule has 1 aliphatic heterocycles. The summed E-state index contributed by atoms with van der Waals surface area (Å²) in [5, 5.41) is 24.3. The molecule has 27 heavy (non-hydrogen) atoms. The fourth-order valence-electron chi connectivity index (χ4n) is 2.85. The fraction of sp³-hybridized carbons (Fsp3) is 0.176. The topological polar surface area (TPSA) is 128 Å². The second-order valence-corrected chi connectivity index (χ2v) is 5.58. The summed E-state index contributed by atoms with van der Waals surface area (Å²) in [6.45, 7) is 0. The maximum atomic E-state index is 14.0. The number of esters is 1. The van der Waals surface area contributed by atoms with Crippen molar-refractivity contribution >= 4 is 17.4 Å². The molecular formula is C17H11FN4O5. The van der Waals surface area contributed by atoms with E-state index < -0.39 is 28.0 Å². The molecule has 136 valence electrons. The quantitative estimate of drug-likeness (QED) is 0.458. The predicted octanol–water partition coefficient (Wildman–Crippen LogP) is 2.19. The Balaban J connectivity index is 2.25. The lowest BCUT2D eigenvalue weighted by Crippen LogP contribution is -2.31. The zero-order valence-corrected chi connectivity index (χ0v) is 13.9. The third-order valence-corrected chi connectivity index (χ3v) is 4.12. The molecule has 1 unspecified atom stereocenters. The molecule has 2 heterocycles. The number of nitrogens with zero attached hydrogens (tertiary/aromatic N) is 4. The lowest BCUT2D eigenvalue weighted by Gasteiger charge is -2.28. The van der Waals surface area contributed by atoms with E-state index in [0.29, 0.717) is 5.56 Å². The minimum atomic E-state index is -1.57. The zero-order chi connectivity index (χ0) is 19.6. The molecule has 0 radical (unpaired) electrons. The van der Waals surface area contributed by atoms with Gasteiger partial charge in [-0.25, -0.2) is 4.79 Å². The molecule has 0 saturated heterocycles. The standard InChI is InChI=1S/C17H11FN4O5/c1-26-16(23)14-7-17(27-21-14,11-3-2-4-20-9-11)12-6-15(22(24)25)13(18)5-10(12)8-19/h2-6,9H,7H2,1H3. The summed E-state index contributed by atoms with van der Waals surface area (Å²) >= 11 is 0. The number of methoxy groups -OCH3 is 1. The first-order chi connectivity index (χ1) is 12.9. The summed E-state index contributed by atoms with van der Waals surface area (Å²) in [7, 11) is 1.17. The van der Waals surface area contributed by atoms with Gasteiger partial charge in [0.25, 0.3) is 0 Å². The number of oxime groups is 1. The number of benzene rings is 1. The Bertz CT molecular complexity index is 1000. The molecule has 0 bridgehead atoms. The Morgan fingerprint density at radius 2 is 2.30 bits per heavy atom. The number of halogens is 1. The zero-order valence-electron chi connectivity index (χ0n) is 13.9. The highest BCUT2D eigenvalue weighted by molar-refractivity contribution is 6.37. The van der Waals surface area contributed by atoms with Crippen LogP contribution < -0.4 is 0 Å². The van der Waals surface area contributed by atoms with Crippen molar-refractivity contribution in [3.05, 3.63) is 69.3 Å². The normalized spacial score (nSPS) is 18.2. The molecule has 0 aliphatic carbocycles. The van der Waals surface area contributed by atoms with Crippen LogP contribution in [0.2, 0.25) is 0 Å². The third kappa shape index (κ3) is 2.95. The highest BCUT2D eigenvalue weighted by atomic mass is 19.1. The number of carbonyl (C=O) groups excluding carboxylic acids is 1. The van der Waals surface area contributed by atoms with E-state index in [-0.39, 0.29) is 23.3 Å². The second kappa shape index (κ2) is 6.80. The third-order valence-electron chi connectivity index (χ3n) is 4.12. The van der Waals surface area contributed by atoms with Crippen molar-refractivity contribution in [2.45, 2.75) is 12.0 Å². The number of nitro groups is 1. The molecule has 0 amide bonds. The Morgan fingerprint density at radius 1 is 1.52 bits per heavy atom. The summed E-state index contributed by atoms with van der Waals surface area (Å²) in [4.78, 5) is 31.6. The monoisotopic (exact) mass is 370 g/mol. The van der Waals surface area contributed by atoms with Crippen molar-refractivity contribution in [1.82, 2.24) is 4.98 Å². The average molecular weight is 370 g/mol. The molecule has 1 aromatic carbocycles. The second-order valence-electron chi connectivity index (χ2n) is 5.58. The summed E-state index contributed by atoms with van der Waals surface area (Å²) in [6, 6.07) is 6.65. The van der Waals surface area contributed by atoms with Crippen LogP contribution in [0.5, 0.6) is 0 Å². The van der Waals surface area contributed by atoms with Gasteiger partial charge in [0.2, 0.25) is 5.82 Å². The molecule has 3 rings (SSSR count). The van der Waals surface area contributed by atoms with E-state index in [4.69, 9.17) is 4.84 Å². The number of carbonyl (C=O) groups is 1. The number of nitro benzene ring substituents is 1. The highest BCUT2D eigenvalue weighted by Crippen LogP contribution is 2.44. The maximum Gasteiger partial charge on any atom is 0.356 e. The van der Waals surface area contributed by atoms with Crippen LogP contribution in [0.3, 0.4) is 0 Å². The van der Waals surface area contributed by atoms with Crippen LogP contribution in [0.1, 0.15) is 23.1 Å². The Hall–Kier alpha value is -3.87. The van der Waals surface area contributed by atoms with E-state index in [1.54, 1.807) is 18.2 Å². The molecule has 0 spiro atoms. The smallest absolute Gasteiger partial charge is 0.356 e. The number of aromatic nitrogens is 1. The summed E-state index contributed by atoms with van der Waals surface area (Å²) in [5.41, 5.74) is -2.30. The van der Waals surface area contributed by atoms with Crippen LogP contribution in [-0.4, -0.2) is 28.7 Å². The first-order valence-corrected chi connectivity index (χ1v) is 7.55. The van der Waals surface area contributed by atoms with E-state index in [1.165, 1.54) is 19.5 Å². The maximum absolute atomic E-state index is 14.0. The summed E-state index contributed by atoms with van der Waals surface area (Å²) in [6.07, 6.45) is 2.72. The molecule has 2 aromatic rings. The first kappa shape index (κ1) is 17.9. The number of hydrogen-bond acceptors (Lipinski definition) is 8. The SMILES string of the molecule is COC(=O)C1=NOC(c2cccnc2)(c2cc([N+](=O)[O-])c(F)cc2C#N)C1. The van der Waals surface area contributed by atoms with Crippen LogP contribution >= 0.6 is 0 Å². The Morgan fingerprint density at radius 3 is 2.89 bits per heavy atom. The van der Waals surface area contributed by atoms with E-state index in [2.05, 4.69) is 14.9 Å². The van der Waals surface area contributed by atoms with Gasteiger partial charge in [-0.3, -0.25) is 15.1 Å². The number of hydrogen-bond donors (Lipinski definition) is 0. The van der Waals surface area contributed by atoms with Crippen LogP contribution in [0, 0.1) is 27.3 Å². The summed E-state index contributed by atoms with van der Waals surface area (Å²) < 4.78 is 18.6. The van der Waals surface area contributed by atoms with E-state index >= 15 is 0 Å². The Labute approximate surface area is 151 Å². The van der Waals surface area contributed by atoms with Crippen LogP contribution in [0.15, 0.2) is 41.8 Å². The largest absolute Gasteiger partial charge is 0.464 e. The van der Waals surface area contributed by atoms with Crippen LogP contribution in [0.4, 0.5) is 10.1 Å². The molecule has 1 aliphatic rings. The van der Waals surface area contributed by atoms with Gasteiger partial charge < -0.3 is 9.57 Å². The first-order valence-electron chi connectivity index (χ1n) is 7.55. The minimum Gasteiger partial charge on any atom is -0.464 e. The average Bonchev–Trinajstić information content (AvgIpc) is 3.14. The van der Waals surface area contributed by atoms with Crippen LogP contribution in [-0.2, 0) is 20.0 Å². The predicted molar refractivity (Wildman–Crippen MR) is 87.9 cm³/mol. The number of rotatable bonds is 4. The van der Waals surface area contributed by atoms with E-state index in [0.717, 1.165) is 12.1 Å². The van der Waals surface area contributed by atoms with Gasteiger partial charge in [-0.1, -0.05) is 11.2 Å². The van der Waals surface area contributed by atoms with Gasteiger partial charge in [0.1, 0.15) is 0 Å². The molecule has 0 N–H and O–H groups in total. The van der Waals surface area contributed by atoms with E-state index in [9.17, 15) is 24.6 Å². The highest BCUT2D eigenvalue weighted by Gasteiger charge is 2.47. The van der Waals surface area contributed by atoms with Gasteiger partial charge in [-0.2, -0.15) is 9.65 Å². The molecule has 0 saturated carbocycles. The number of nitriles is 1. The van der Waals surface area contributed by atoms with Gasteiger partial charge >= 0.3 is 11.7 Å².